The van der Waals surface area contributed by atoms with Crippen LogP contribution in [0.1, 0.15) is 16.8 Å². The Bertz CT molecular complexity index is 355. The van der Waals surface area contributed by atoms with Crippen molar-refractivity contribution in [2.24, 2.45) is 0 Å². The lowest BCUT2D eigenvalue weighted by Gasteiger charge is -2.04. The molecule has 1 rings (SSSR count). The number of carbonyl (C=O) groups is 1. The maximum absolute atomic E-state index is 11.5. The van der Waals surface area contributed by atoms with Gasteiger partial charge in [-0.3, -0.25) is 4.79 Å². The molecule has 1 aromatic rings. The van der Waals surface area contributed by atoms with Gasteiger partial charge in [0.25, 0.3) is 5.91 Å². The second kappa shape index (κ2) is 5.83. The number of halogens is 2. The molecule has 5 heteroatoms. The molecule has 0 aliphatic rings. The van der Waals surface area contributed by atoms with Crippen LogP contribution in [0.15, 0.2) is 18.2 Å². The van der Waals surface area contributed by atoms with Gasteiger partial charge in [-0.05, 0) is 24.6 Å². The smallest absolute Gasteiger partial charge is 0.251 e. The molecule has 1 amide bonds. The Hall–Kier alpha value is -0.930. The molecule has 15 heavy (non-hydrogen) atoms. The zero-order valence-corrected chi connectivity index (χ0v) is 9.48. The van der Waals surface area contributed by atoms with E-state index in [1.807, 2.05) is 0 Å². The first-order chi connectivity index (χ1) is 7.15. The van der Waals surface area contributed by atoms with E-state index in [1.54, 1.807) is 0 Å². The van der Waals surface area contributed by atoms with Gasteiger partial charge in [0.05, 0.1) is 5.02 Å². The van der Waals surface area contributed by atoms with Crippen LogP contribution in [0.2, 0.25) is 5.02 Å². The Labute approximate surface area is 98.0 Å². The summed E-state index contributed by atoms with van der Waals surface area (Å²) in [6, 6.07) is 4.32. The molecule has 0 unspecified atom stereocenters. The molecule has 0 atom stereocenters. The van der Waals surface area contributed by atoms with Crippen molar-refractivity contribution in [2.75, 3.05) is 12.4 Å². The summed E-state index contributed by atoms with van der Waals surface area (Å²) in [6.07, 6.45) is 0.721. The standard InChI is InChI=1S/C10H11Cl2NO2/c11-4-1-5-13-10(15)7-2-3-9(14)8(12)6-7/h2-3,6,14H,1,4-5H2,(H,13,15). The van der Waals surface area contributed by atoms with E-state index >= 15 is 0 Å². The van der Waals surface area contributed by atoms with Crippen molar-refractivity contribution in [1.29, 1.82) is 0 Å². The highest BCUT2D eigenvalue weighted by Gasteiger charge is 2.07. The predicted molar refractivity (Wildman–Crippen MR) is 60.8 cm³/mol. The van der Waals surface area contributed by atoms with Gasteiger partial charge in [0, 0.05) is 18.0 Å². The molecule has 0 aromatic heterocycles. The molecule has 3 nitrogen and oxygen atoms in total. The third kappa shape index (κ3) is 3.61. The number of benzene rings is 1. The summed E-state index contributed by atoms with van der Waals surface area (Å²) in [5.41, 5.74) is 0.423. The number of hydrogen-bond acceptors (Lipinski definition) is 2. The van der Waals surface area contributed by atoms with Crippen molar-refractivity contribution in [3.8, 4) is 5.75 Å². The molecule has 0 radical (unpaired) electrons. The Morgan fingerprint density at radius 1 is 1.47 bits per heavy atom. The monoisotopic (exact) mass is 247 g/mol. The van der Waals surface area contributed by atoms with Gasteiger partial charge in [0.2, 0.25) is 0 Å². The maximum Gasteiger partial charge on any atom is 0.251 e. The first-order valence-corrected chi connectivity index (χ1v) is 5.39. The molecule has 0 heterocycles. The third-order valence-electron chi connectivity index (χ3n) is 1.81. The molecule has 1 aromatic carbocycles. The van der Waals surface area contributed by atoms with Gasteiger partial charge < -0.3 is 10.4 Å². The minimum atomic E-state index is -0.220. The molecule has 0 bridgehead atoms. The molecular formula is C10H11Cl2NO2. The number of hydrogen-bond donors (Lipinski definition) is 2. The summed E-state index contributed by atoms with van der Waals surface area (Å²) in [4.78, 5) is 11.5. The summed E-state index contributed by atoms with van der Waals surface area (Å²) >= 11 is 11.1. The Morgan fingerprint density at radius 2 is 2.20 bits per heavy atom. The van der Waals surface area contributed by atoms with Gasteiger partial charge >= 0.3 is 0 Å². The fraction of sp³-hybridized carbons (Fsp3) is 0.300. The second-order valence-electron chi connectivity index (χ2n) is 2.96. The molecule has 0 spiro atoms. The van der Waals surface area contributed by atoms with E-state index in [9.17, 15) is 4.79 Å². The van der Waals surface area contributed by atoms with E-state index in [0.717, 1.165) is 6.42 Å². The van der Waals surface area contributed by atoms with Crippen LogP contribution in [0.3, 0.4) is 0 Å². The van der Waals surface area contributed by atoms with E-state index in [-0.39, 0.29) is 16.7 Å². The zero-order valence-electron chi connectivity index (χ0n) is 7.96. The SMILES string of the molecule is O=C(NCCCCl)c1ccc(O)c(Cl)c1. The highest BCUT2D eigenvalue weighted by atomic mass is 35.5. The van der Waals surface area contributed by atoms with Gasteiger partial charge in [-0.2, -0.15) is 0 Å². The van der Waals surface area contributed by atoms with Crippen molar-refractivity contribution < 1.29 is 9.90 Å². The number of phenolic OH excluding ortho intramolecular Hbond substituents is 1. The van der Waals surface area contributed by atoms with E-state index < -0.39 is 0 Å². The molecule has 0 aliphatic carbocycles. The molecule has 0 saturated carbocycles. The minimum Gasteiger partial charge on any atom is -0.506 e. The van der Waals surface area contributed by atoms with Crippen LogP contribution in [-0.2, 0) is 0 Å². The van der Waals surface area contributed by atoms with Crippen LogP contribution >= 0.6 is 23.2 Å². The molecule has 0 fully saturated rings. The fourth-order valence-corrected chi connectivity index (χ4v) is 1.33. The number of phenols is 1. The highest BCUT2D eigenvalue weighted by Crippen LogP contribution is 2.23. The normalized spacial score (nSPS) is 10.0. The molecule has 2 N–H and O–H groups in total. The highest BCUT2D eigenvalue weighted by molar-refractivity contribution is 6.32. The topological polar surface area (TPSA) is 49.3 Å². The quantitative estimate of drug-likeness (QED) is 0.635. The number of rotatable bonds is 4. The van der Waals surface area contributed by atoms with Crippen LogP contribution in [-0.4, -0.2) is 23.4 Å². The Morgan fingerprint density at radius 3 is 2.80 bits per heavy atom. The van der Waals surface area contributed by atoms with Gasteiger partial charge in [-0.15, -0.1) is 11.6 Å². The van der Waals surface area contributed by atoms with Crippen molar-refractivity contribution in [3.05, 3.63) is 28.8 Å². The first-order valence-electron chi connectivity index (χ1n) is 4.48. The van der Waals surface area contributed by atoms with E-state index in [1.165, 1.54) is 18.2 Å². The zero-order chi connectivity index (χ0) is 11.3. The van der Waals surface area contributed by atoms with Crippen molar-refractivity contribution in [3.63, 3.8) is 0 Å². The Kier molecular flexibility index (Phi) is 4.72. The van der Waals surface area contributed by atoms with Crippen LogP contribution in [0, 0.1) is 0 Å². The summed E-state index contributed by atoms with van der Waals surface area (Å²) in [5, 5.41) is 12.0. The average molecular weight is 248 g/mol. The Balaban J connectivity index is 2.62. The lowest BCUT2D eigenvalue weighted by atomic mass is 10.2. The van der Waals surface area contributed by atoms with E-state index in [4.69, 9.17) is 28.3 Å². The summed E-state index contributed by atoms with van der Waals surface area (Å²) in [6.45, 7) is 0.529. The lowest BCUT2D eigenvalue weighted by Crippen LogP contribution is -2.24. The van der Waals surface area contributed by atoms with Crippen LogP contribution < -0.4 is 5.32 Å². The van der Waals surface area contributed by atoms with Crippen molar-refractivity contribution in [2.45, 2.75) is 6.42 Å². The van der Waals surface area contributed by atoms with Crippen molar-refractivity contribution in [1.82, 2.24) is 5.32 Å². The largest absolute Gasteiger partial charge is 0.506 e. The van der Waals surface area contributed by atoms with Crippen molar-refractivity contribution >= 4 is 29.1 Å². The second-order valence-corrected chi connectivity index (χ2v) is 3.75. The van der Waals surface area contributed by atoms with E-state index in [2.05, 4.69) is 5.32 Å². The fourth-order valence-electron chi connectivity index (χ4n) is 1.02. The molecule has 0 aliphatic heterocycles. The first kappa shape index (κ1) is 12.1. The molecular weight excluding hydrogens is 237 g/mol. The average Bonchev–Trinajstić information content (AvgIpc) is 2.22. The minimum absolute atomic E-state index is 0.0334. The van der Waals surface area contributed by atoms with Crippen LogP contribution in [0.4, 0.5) is 0 Å². The van der Waals surface area contributed by atoms with Crippen LogP contribution in [0.25, 0.3) is 0 Å². The number of carbonyl (C=O) groups excluding carboxylic acids is 1. The number of amides is 1. The summed E-state index contributed by atoms with van der Waals surface area (Å²) in [7, 11) is 0. The predicted octanol–water partition coefficient (Wildman–Crippen LogP) is 2.40. The van der Waals surface area contributed by atoms with E-state index in [0.29, 0.717) is 18.0 Å². The van der Waals surface area contributed by atoms with Crippen LogP contribution in [0.5, 0.6) is 5.75 Å². The van der Waals surface area contributed by atoms with Gasteiger partial charge in [0.15, 0.2) is 0 Å². The van der Waals surface area contributed by atoms with Gasteiger partial charge in [0.1, 0.15) is 5.75 Å². The summed E-state index contributed by atoms with van der Waals surface area (Å²) < 4.78 is 0. The number of alkyl halides is 1. The molecule has 0 saturated heterocycles. The molecule has 82 valence electrons. The third-order valence-corrected chi connectivity index (χ3v) is 2.38. The van der Waals surface area contributed by atoms with Gasteiger partial charge in [-0.1, -0.05) is 11.6 Å². The maximum atomic E-state index is 11.5. The lowest BCUT2D eigenvalue weighted by molar-refractivity contribution is 0.0954. The van der Waals surface area contributed by atoms with Gasteiger partial charge in [-0.25, -0.2) is 0 Å². The number of nitrogens with one attached hydrogen (secondary N) is 1. The number of aromatic hydroxyl groups is 1. The summed E-state index contributed by atoms with van der Waals surface area (Å²) in [5.74, 6) is 0.257.